The molecule has 1 amide bonds. The molecule has 0 atom stereocenters. The number of thiazole rings is 1. The van der Waals surface area contributed by atoms with Crippen LogP contribution in [0.3, 0.4) is 0 Å². The Morgan fingerprint density at radius 2 is 2.00 bits per heavy atom. The summed E-state index contributed by atoms with van der Waals surface area (Å²) in [6.45, 7) is 2.37. The molecule has 1 aliphatic heterocycles. The third kappa shape index (κ3) is 3.69. The van der Waals surface area contributed by atoms with Crippen LogP contribution >= 0.6 is 11.3 Å². The van der Waals surface area contributed by atoms with Crippen LogP contribution in [0.4, 0.5) is 13.2 Å². The van der Waals surface area contributed by atoms with E-state index < -0.39 is 17.3 Å². The van der Waals surface area contributed by atoms with Crippen molar-refractivity contribution < 1.29 is 23.1 Å². The Labute approximate surface area is 146 Å². The molecule has 1 aliphatic rings. The fourth-order valence-corrected chi connectivity index (χ4v) is 3.71. The first-order chi connectivity index (χ1) is 11.7. The van der Waals surface area contributed by atoms with Crippen LogP contribution in [0.15, 0.2) is 30.5 Å². The van der Waals surface area contributed by atoms with Crippen LogP contribution in [-0.2, 0) is 11.8 Å². The lowest BCUT2D eigenvalue weighted by atomic mass is 9.83. The number of alkyl halides is 3. The normalized spacial score (nSPS) is 17.6. The van der Waals surface area contributed by atoms with Crippen molar-refractivity contribution in [2.24, 2.45) is 0 Å². The number of halogens is 3. The molecule has 8 heteroatoms. The van der Waals surface area contributed by atoms with E-state index in [1.165, 1.54) is 29.7 Å². The van der Waals surface area contributed by atoms with Gasteiger partial charge in [0.1, 0.15) is 4.88 Å². The molecule has 3 rings (SSSR count). The molecule has 0 saturated carbocycles. The van der Waals surface area contributed by atoms with Gasteiger partial charge in [0.25, 0.3) is 5.91 Å². The Balaban J connectivity index is 1.73. The first-order valence-corrected chi connectivity index (χ1v) is 8.62. The monoisotopic (exact) mass is 370 g/mol. The highest BCUT2D eigenvalue weighted by atomic mass is 32.1. The molecular formula is C17H17F3N2O2S. The highest BCUT2D eigenvalue weighted by Crippen LogP contribution is 2.37. The van der Waals surface area contributed by atoms with E-state index in [2.05, 4.69) is 4.98 Å². The van der Waals surface area contributed by atoms with Crippen LogP contribution in [0.2, 0.25) is 0 Å². The van der Waals surface area contributed by atoms with Crippen molar-refractivity contribution in [3.63, 3.8) is 0 Å². The van der Waals surface area contributed by atoms with Gasteiger partial charge in [-0.2, -0.15) is 13.2 Å². The smallest absolute Gasteiger partial charge is 0.385 e. The maximum Gasteiger partial charge on any atom is 0.416 e. The van der Waals surface area contributed by atoms with Crippen molar-refractivity contribution >= 4 is 17.2 Å². The lowest BCUT2D eigenvalue weighted by Gasteiger charge is -2.38. The zero-order chi connectivity index (χ0) is 18.2. The van der Waals surface area contributed by atoms with E-state index >= 15 is 0 Å². The molecule has 1 aromatic carbocycles. The van der Waals surface area contributed by atoms with E-state index in [9.17, 15) is 23.1 Å². The molecule has 1 aromatic heterocycles. The number of carbonyl (C=O) groups is 1. The van der Waals surface area contributed by atoms with Gasteiger partial charge in [-0.05, 0) is 37.5 Å². The molecule has 2 heterocycles. The zero-order valence-corrected chi connectivity index (χ0v) is 14.3. The minimum absolute atomic E-state index is 0.156. The Bertz CT molecular complexity index is 780. The zero-order valence-electron chi connectivity index (χ0n) is 13.5. The van der Waals surface area contributed by atoms with E-state index in [0.717, 1.165) is 17.1 Å². The van der Waals surface area contributed by atoms with Gasteiger partial charge in [0, 0.05) is 13.1 Å². The second kappa shape index (κ2) is 6.42. The van der Waals surface area contributed by atoms with Crippen LogP contribution in [0.5, 0.6) is 0 Å². The van der Waals surface area contributed by atoms with Crippen molar-refractivity contribution in [3.8, 4) is 0 Å². The van der Waals surface area contributed by atoms with Crippen LogP contribution in [0, 0.1) is 6.92 Å². The van der Waals surface area contributed by atoms with Gasteiger partial charge in [0.2, 0.25) is 0 Å². The van der Waals surface area contributed by atoms with Crippen molar-refractivity contribution in [1.29, 1.82) is 0 Å². The summed E-state index contributed by atoms with van der Waals surface area (Å²) < 4.78 is 38.6. The summed E-state index contributed by atoms with van der Waals surface area (Å²) in [4.78, 5) is 18.6. The highest BCUT2D eigenvalue weighted by Gasteiger charge is 2.38. The van der Waals surface area contributed by atoms with Gasteiger partial charge in [-0.1, -0.05) is 12.1 Å². The number of amides is 1. The number of aliphatic hydroxyl groups is 1. The number of benzene rings is 1. The minimum atomic E-state index is -4.45. The molecule has 0 aliphatic carbocycles. The summed E-state index contributed by atoms with van der Waals surface area (Å²) in [5.74, 6) is -0.156. The molecular weight excluding hydrogens is 353 g/mol. The summed E-state index contributed by atoms with van der Waals surface area (Å²) in [5, 5.41) is 11.6. The fraction of sp³-hybridized carbons (Fsp3) is 0.412. The third-order valence-corrected chi connectivity index (χ3v) is 5.34. The number of aromatic nitrogens is 1. The molecule has 0 radical (unpaired) electrons. The predicted octanol–water partition coefficient (Wildman–Crippen LogP) is 3.59. The molecule has 2 aromatic rings. The Morgan fingerprint density at radius 3 is 2.56 bits per heavy atom. The molecule has 1 fully saturated rings. The van der Waals surface area contributed by atoms with Gasteiger partial charge >= 0.3 is 6.18 Å². The van der Waals surface area contributed by atoms with Crippen LogP contribution < -0.4 is 0 Å². The van der Waals surface area contributed by atoms with E-state index in [1.54, 1.807) is 4.90 Å². The number of piperidine rings is 1. The summed E-state index contributed by atoms with van der Waals surface area (Å²) in [6.07, 6.45) is -2.54. The number of carbonyl (C=O) groups excluding carboxylic acids is 1. The summed E-state index contributed by atoms with van der Waals surface area (Å²) >= 11 is 1.30. The quantitative estimate of drug-likeness (QED) is 0.879. The Kier molecular flexibility index (Phi) is 4.59. The second-order valence-corrected chi connectivity index (χ2v) is 7.38. The van der Waals surface area contributed by atoms with Crippen molar-refractivity contribution in [1.82, 2.24) is 9.88 Å². The first-order valence-electron chi connectivity index (χ1n) is 7.81. The summed E-state index contributed by atoms with van der Waals surface area (Å²) in [6, 6.07) is 4.77. The lowest BCUT2D eigenvalue weighted by Crippen LogP contribution is -2.45. The number of aryl methyl sites for hydroxylation is 1. The second-order valence-electron chi connectivity index (χ2n) is 6.15. The van der Waals surface area contributed by atoms with Gasteiger partial charge in [-0.3, -0.25) is 4.79 Å². The molecule has 0 unspecified atom stereocenters. The molecule has 25 heavy (non-hydrogen) atoms. The number of rotatable bonds is 2. The first kappa shape index (κ1) is 17.9. The predicted molar refractivity (Wildman–Crippen MR) is 87.3 cm³/mol. The number of hydrogen-bond donors (Lipinski definition) is 1. The van der Waals surface area contributed by atoms with E-state index in [-0.39, 0.29) is 37.4 Å². The Hall–Kier alpha value is -1.93. The Morgan fingerprint density at radius 1 is 1.32 bits per heavy atom. The topological polar surface area (TPSA) is 53.4 Å². The SMILES string of the molecule is Cc1ncc(C(=O)N2CCC(O)(c3cccc(C(F)(F)F)c3)CC2)s1. The lowest BCUT2D eigenvalue weighted by molar-refractivity contribution is -0.137. The summed E-state index contributed by atoms with van der Waals surface area (Å²) in [5.41, 5.74) is -1.90. The maximum atomic E-state index is 12.9. The third-order valence-electron chi connectivity index (χ3n) is 4.44. The average Bonchev–Trinajstić information content (AvgIpc) is 3.01. The molecule has 1 saturated heterocycles. The van der Waals surface area contributed by atoms with Crippen LogP contribution in [-0.4, -0.2) is 34.0 Å². The largest absolute Gasteiger partial charge is 0.416 e. The van der Waals surface area contributed by atoms with Gasteiger partial charge < -0.3 is 10.0 Å². The van der Waals surface area contributed by atoms with Gasteiger partial charge in [0.05, 0.1) is 22.4 Å². The van der Waals surface area contributed by atoms with E-state index in [1.807, 2.05) is 6.92 Å². The average molecular weight is 370 g/mol. The maximum absolute atomic E-state index is 12.9. The van der Waals surface area contributed by atoms with Crippen LogP contribution in [0.1, 0.15) is 38.6 Å². The molecule has 0 bridgehead atoms. The molecule has 0 spiro atoms. The summed E-state index contributed by atoms with van der Waals surface area (Å²) in [7, 11) is 0. The highest BCUT2D eigenvalue weighted by molar-refractivity contribution is 7.13. The van der Waals surface area contributed by atoms with Gasteiger partial charge in [-0.15, -0.1) is 11.3 Å². The minimum Gasteiger partial charge on any atom is -0.385 e. The van der Waals surface area contributed by atoms with Crippen molar-refractivity contribution in [3.05, 3.63) is 51.5 Å². The van der Waals surface area contributed by atoms with E-state index in [0.29, 0.717) is 4.88 Å². The number of nitrogens with zero attached hydrogens (tertiary/aromatic N) is 2. The molecule has 1 N–H and O–H groups in total. The van der Waals surface area contributed by atoms with Gasteiger partial charge in [-0.25, -0.2) is 4.98 Å². The fourth-order valence-electron chi connectivity index (χ4n) is 2.97. The number of likely N-dealkylation sites (tertiary alicyclic amines) is 1. The molecule has 4 nitrogen and oxygen atoms in total. The number of hydrogen-bond acceptors (Lipinski definition) is 4. The van der Waals surface area contributed by atoms with Gasteiger partial charge in [0.15, 0.2) is 0 Å². The van der Waals surface area contributed by atoms with Crippen molar-refractivity contribution in [2.45, 2.75) is 31.5 Å². The standard InChI is InChI=1S/C17H17F3N2O2S/c1-11-21-10-14(25-11)15(23)22-7-5-16(24,6-8-22)12-3-2-4-13(9-12)17(18,19)20/h2-4,9-10,24H,5-8H2,1H3. The molecule has 134 valence electrons. The van der Waals surface area contributed by atoms with Crippen LogP contribution in [0.25, 0.3) is 0 Å². The van der Waals surface area contributed by atoms with E-state index in [4.69, 9.17) is 0 Å². The van der Waals surface area contributed by atoms with Crippen molar-refractivity contribution in [2.75, 3.05) is 13.1 Å².